The van der Waals surface area contributed by atoms with E-state index < -0.39 is 5.91 Å². The van der Waals surface area contributed by atoms with Crippen molar-refractivity contribution < 1.29 is 14.7 Å². The molecule has 1 saturated heterocycles. The van der Waals surface area contributed by atoms with Gasteiger partial charge in [0.1, 0.15) is 11.6 Å². The third-order valence-corrected chi connectivity index (χ3v) is 6.18. The van der Waals surface area contributed by atoms with Gasteiger partial charge in [-0.3, -0.25) is 14.5 Å². The maximum atomic E-state index is 12.8. The number of carbonyl (C=O) groups excluding carboxylic acids is 2. The monoisotopic (exact) mass is 514 g/mol. The van der Waals surface area contributed by atoms with Crippen LogP contribution in [0.3, 0.4) is 0 Å². The maximum absolute atomic E-state index is 12.8. The fourth-order valence-electron chi connectivity index (χ4n) is 3.71. The van der Waals surface area contributed by atoms with E-state index in [1.807, 2.05) is 0 Å². The summed E-state index contributed by atoms with van der Waals surface area (Å²) >= 11 is 12.2. The van der Waals surface area contributed by atoms with Crippen LogP contribution >= 0.6 is 23.2 Å². The normalized spacial score (nSPS) is 14.0. The van der Waals surface area contributed by atoms with E-state index in [0.717, 1.165) is 13.1 Å². The zero-order valence-electron chi connectivity index (χ0n) is 18.7. The second kappa shape index (κ2) is 11.5. The summed E-state index contributed by atoms with van der Waals surface area (Å²) in [6, 6.07) is 11.6. The van der Waals surface area contributed by atoms with Crippen molar-refractivity contribution in [1.82, 2.24) is 19.8 Å². The molecule has 2 aromatic heterocycles. The highest BCUT2D eigenvalue weighted by Crippen LogP contribution is 2.26. The minimum atomic E-state index is -0.434. The van der Waals surface area contributed by atoms with Crippen LogP contribution in [0.5, 0.6) is 0 Å². The average Bonchev–Trinajstić information content (AvgIpc) is 2.85. The zero-order valence-corrected chi connectivity index (χ0v) is 20.3. The number of nitrogens with one attached hydrogen (secondary N) is 2. The number of β-amino-alcohol motifs (C(OH)–C–C–N with tert-alkyl or cyclic N) is 1. The molecule has 0 spiro atoms. The summed E-state index contributed by atoms with van der Waals surface area (Å²) in [5.41, 5.74) is 1.19. The number of nitrogens with zero attached hydrogens (tertiary/aromatic N) is 4. The van der Waals surface area contributed by atoms with Gasteiger partial charge in [0, 0.05) is 56.9 Å². The summed E-state index contributed by atoms with van der Waals surface area (Å²) in [6.07, 6.45) is 3.07. The summed E-state index contributed by atoms with van der Waals surface area (Å²) in [7, 11) is 0. The minimum Gasteiger partial charge on any atom is -0.395 e. The minimum absolute atomic E-state index is 0.0752. The number of hydrogen-bond donors (Lipinski definition) is 3. The lowest BCUT2D eigenvalue weighted by molar-refractivity contribution is 0.0614. The summed E-state index contributed by atoms with van der Waals surface area (Å²) in [6.45, 7) is 3.44. The Morgan fingerprint density at radius 1 is 0.971 bits per heavy atom. The highest BCUT2D eigenvalue weighted by Gasteiger charge is 2.22. The number of piperazine rings is 1. The van der Waals surface area contributed by atoms with E-state index in [9.17, 15) is 9.59 Å². The quantitative estimate of drug-likeness (QED) is 0.442. The Balaban J connectivity index is 1.37. The van der Waals surface area contributed by atoms with Gasteiger partial charge in [0.05, 0.1) is 27.8 Å². The van der Waals surface area contributed by atoms with Crippen LogP contribution in [-0.2, 0) is 0 Å². The number of aliphatic hydroxyl groups excluding tert-OH is 1. The van der Waals surface area contributed by atoms with Gasteiger partial charge in [-0.2, -0.15) is 0 Å². The number of rotatable bonds is 7. The molecule has 0 aliphatic carbocycles. The number of aromatic nitrogens is 2. The number of carbonyl (C=O) groups is 2. The molecule has 0 radical (unpaired) electrons. The van der Waals surface area contributed by atoms with Gasteiger partial charge in [-0.05, 0) is 30.3 Å². The van der Waals surface area contributed by atoms with Crippen LogP contribution in [0.4, 0.5) is 17.3 Å². The predicted octanol–water partition coefficient (Wildman–Crippen LogP) is 3.53. The van der Waals surface area contributed by atoms with Crippen molar-refractivity contribution >= 4 is 52.3 Å². The van der Waals surface area contributed by atoms with Gasteiger partial charge in [-0.1, -0.05) is 29.3 Å². The molecule has 182 valence electrons. The topological polar surface area (TPSA) is 111 Å². The maximum Gasteiger partial charge on any atom is 0.258 e. The van der Waals surface area contributed by atoms with E-state index in [1.54, 1.807) is 53.6 Å². The zero-order chi connectivity index (χ0) is 24.8. The largest absolute Gasteiger partial charge is 0.395 e. The molecule has 3 aromatic rings. The van der Waals surface area contributed by atoms with Gasteiger partial charge in [0.25, 0.3) is 11.8 Å². The molecule has 11 heteroatoms. The van der Waals surface area contributed by atoms with Crippen molar-refractivity contribution in [3.8, 4) is 0 Å². The van der Waals surface area contributed by atoms with Crippen LogP contribution in [0, 0.1) is 0 Å². The van der Waals surface area contributed by atoms with Crippen molar-refractivity contribution in [3.63, 3.8) is 0 Å². The van der Waals surface area contributed by atoms with Crippen LogP contribution in [0.25, 0.3) is 0 Å². The number of amides is 2. The summed E-state index contributed by atoms with van der Waals surface area (Å²) < 4.78 is 0. The number of aliphatic hydroxyl groups is 1. The molecule has 0 atom stereocenters. The lowest BCUT2D eigenvalue weighted by Gasteiger charge is -2.34. The predicted molar refractivity (Wildman–Crippen MR) is 136 cm³/mol. The van der Waals surface area contributed by atoms with Crippen LogP contribution in [0.15, 0.2) is 54.9 Å². The standard InChI is InChI=1S/C24H24Cl2N6O3/c25-18-2-1-3-19(26)22(18)23(34)29-17-6-7-27-21(14-17)30-20-5-4-16(15-28-20)24(35)32-10-8-31(9-11-32)12-13-33/h1-7,14-15,33H,8-13H2,(H2,27,28,29,30,34). The Morgan fingerprint density at radius 3 is 2.37 bits per heavy atom. The van der Waals surface area contributed by atoms with Crippen molar-refractivity contribution in [2.75, 3.05) is 50.0 Å². The second-order valence-electron chi connectivity index (χ2n) is 7.90. The first-order valence-electron chi connectivity index (χ1n) is 11.0. The number of anilines is 3. The summed E-state index contributed by atoms with van der Waals surface area (Å²) in [4.78, 5) is 37.9. The Morgan fingerprint density at radius 2 is 1.71 bits per heavy atom. The van der Waals surface area contributed by atoms with Gasteiger partial charge < -0.3 is 20.6 Å². The molecule has 3 heterocycles. The number of pyridine rings is 2. The summed E-state index contributed by atoms with van der Waals surface area (Å²) in [5.74, 6) is 0.448. The van der Waals surface area contributed by atoms with Gasteiger partial charge in [0.15, 0.2) is 0 Å². The first kappa shape index (κ1) is 24.9. The SMILES string of the molecule is O=C(Nc1ccnc(Nc2ccc(C(=O)N3CCN(CCO)CC3)cn2)c1)c1c(Cl)cccc1Cl. The molecule has 9 nitrogen and oxygen atoms in total. The third-order valence-electron chi connectivity index (χ3n) is 5.55. The number of hydrogen-bond acceptors (Lipinski definition) is 7. The van der Waals surface area contributed by atoms with E-state index in [2.05, 4.69) is 25.5 Å². The van der Waals surface area contributed by atoms with Gasteiger partial charge in [-0.25, -0.2) is 9.97 Å². The Kier molecular flexibility index (Phi) is 8.14. The smallest absolute Gasteiger partial charge is 0.258 e. The van der Waals surface area contributed by atoms with E-state index >= 15 is 0 Å². The van der Waals surface area contributed by atoms with E-state index in [1.165, 1.54) is 6.20 Å². The van der Waals surface area contributed by atoms with Crippen LogP contribution in [0.2, 0.25) is 10.0 Å². The van der Waals surface area contributed by atoms with E-state index in [-0.39, 0.29) is 28.1 Å². The molecule has 4 rings (SSSR count). The lowest BCUT2D eigenvalue weighted by atomic mass is 10.2. The van der Waals surface area contributed by atoms with Gasteiger partial charge >= 0.3 is 0 Å². The van der Waals surface area contributed by atoms with Crippen molar-refractivity contribution in [1.29, 1.82) is 0 Å². The average molecular weight is 515 g/mol. The second-order valence-corrected chi connectivity index (χ2v) is 8.71. The van der Waals surface area contributed by atoms with Crippen LogP contribution in [-0.4, -0.2) is 76.0 Å². The fourth-order valence-corrected chi connectivity index (χ4v) is 4.28. The molecule has 1 aromatic carbocycles. The highest BCUT2D eigenvalue weighted by atomic mass is 35.5. The Labute approximate surface area is 212 Å². The molecule has 2 amide bonds. The lowest BCUT2D eigenvalue weighted by Crippen LogP contribution is -2.49. The molecule has 1 aliphatic rings. The van der Waals surface area contributed by atoms with Crippen LogP contribution < -0.4 is 10.6 Å². The molecule has 0 unspecified atom stereocenters. The number of benzene rings is 1. The van der Waals surface area contributed by atoms with E-state index in [0.29, 0.717) is 42.5 Å². The van der Waals surface area contributed by atoms with E-state index in [4.69, 9.17) is 28.3 Å². The first-order valence-corrected chi connectivity index (χ1v) is 11.8. The van der Waals surface area contributed by atoms with Crippen molar-refractivity contribution in [3.05, 3.63) is 76.0 Å². The van der Waals surface area contributed by atoms with Gasteiger partial charge in [0.2, 0.25) is 0 Å². The molecule has 3 N–H and O–H groups in total. The van der Waals surface area contributed by atoms with Crippen molar-refractivity contribution in [2.45, 2.75) is 0 Å². The summed E-state index contributed by atoms with van der Waals surface area (Å²) in [5, 5.41) is 15.4. The fraction of sp³-hybridized carbons (Fsp3) is 0.250. The molecular weight excluding hydrogens is 491 g/mol. The van der Waals surface area contributed by atoms with Crippen LogP contribution in [0.1, 0.15) is 20.7 Å². The molecule has 1 aliphatic heterocycles. The molecule has 0 bridgehead atoms. The number of halogens is 2. The Hall–Kier alpha value is -3.24. The third kappa shape index (κ3) is 6.26. The molecular formula is C24H24Cl2N6O3. The van der Waals surface area contributed by atoms with Gasteiger partial charge in [-0.15, -0.1) is 0 Å². The molecule has 1 fully saturated rings. The Bertz CT molecular complexity index is 1180. The first-order chi connectivity index (χ1) is 16.9. The van der Waals surface area contributed by atoms with Crippen molar-refractivity contribution in [2.24, 2.45) is 0 Å². The molecule has 0 saturated carbocycles. The molecule has 35 heavy (non-hydrogen) atoms. The highest BCUT2D eigenvalue weighted by molar-refractivity contribution is 6.40.